The van der Waals surface area contributed by atoms with Crippen LogP contribution in [0.15, 0.2) is 72.4 Å². The fourth-order valence-corrected chi connectivity index (χ4v) is 3.99. The number of rotatable bonds is 5. The van der Waals surface area contributed by atoms with E-state index in [1.807, 2.05) is 31.2 Å². The first-order valence-corrected chi connectivity index (χ1v) is 11.0. The Balaban J connectivity index is 1.51. The molecule has 2 amide bonds. The van der Waals surface area contributed by atoms with Crippen LogP contribution in [0.4, 0.5) is 5.69 Å². The van der Waals surface area contributed by atoms with Gasteiger partial charge in [0.05, 0.1) is 12.1 Å². The van der Waals surface area contributed by atoms with E-state index in [0.717, 1.165) is 11.1 Å². The highest BCUT2D eigenvalue weighted by Crippen LogP contribution is 2.36. The minimum atomic E-state index is -0.389. The summed E-state index contributed by atoms with van der Waals surface area (Å²) >= 11 is 5.98. The quantitative estimate of drug-likeness (QED) is 0.553. The standard InChI is InChI=1S/C26H21ClN2O4/c1-16-2-6-18(7-3-16)23-24(28-20-10-11-21-22(14-20)33-13-12-32-21)26(31)29(25(23)30)15-17-4-8-19(27)9-5-17/h2-11,14,28H,12-13,15H2,1H3. The molecule has 33 heavy (non-hydrogen) atoms. The molecule has 7 heteroatoms. The third-order valence-electron chi connectivity index (χ3n) is 5.57. The molecule has 2 aliphatic rings. The molecule has 166 valence electrons. The number of fused-ring (bicyclic) bond motifs is 1. The summed E-state index contributed by atoms with van der Waals surface area (Å²) in [5.74, 6) is 0.510. The van der Waals surface area contributed by atoms with Crippen molar-refractivity contribution in [3.8, 4) is 11.5 Å². The maximum absolute atomic E-state index is 13.4. The molecule has 0 radical (unpaired) electrons. The molecule has 6 nitrogen and oxygen atoms in total. The number of amides is 2. The molecule has 0 saturated heterocycles. The van der Waals surface area contributed by atoms with E-state index in [1.54, 1.807) is 42.5 Å². The normalized spacial score (nSPS) is 15.3. The number of hydrogen-bond acceptors (Lipinski definition) is 5. The van der Waals surface area contributed by atoms with Crippen LogP contribution in [0.1, 0.15) is 16.7 Å². The van der Waals surface area contributed by atoms with Gasteiger partial charge in [0.25, 0.3) is 11.8 Å². The number of benzene rings is 3. The van der Waals surface area contributed by atoms with Crippen molar-refractivity contribution in [2.75, 3.05) is 18.5 Å². The Kier molecular flexibility index (Phi) is 5.52. The van der Waals surface area contributed by atoms with Gasteiger partial charge in [-0.05, 0) is 42.3 Å². The van der Waals surface area contributed by atoms with Crippen LogP contribution < -0.4 is 14.8 Å². The Morgan fingerprint density at radius 2 is 1.58 bits per heavy atom. The van der Waals surface area contributed by atoms with Crippen LogP contribution in [0, 0.1) is 6.92 Å². The molecule has 2 aliphatic heterocycles. The van der Waals surface area contributed by atoms with E-state index in [-0.39, 0.29) is 24.1 Å². The van der Waals surface area contributed by atoms with Gasteiger partial charge >= 0.3 is 0 Å². The number of halogens is 1. The SMILES string of the molecule is Cc1ccc(C2=C(Nc3ccc4c(c3)OCCO4)C(=O)N(Cc3ccc(Cl)cc3)C2=O)cc1. The Morgan fingerprint density at radius 3 is 2.30 bits per heavy atom. The Hall–Kier alpha value is -3.77. The highest BCUT2D eigenvalue weighted by atomic mass is 35.5. The van der Waals surface area contributed by atoms with Gasteiger partial charge in [-0.25, -0.2) is 0 Å². The second-order valence-corrected chi connectivity index (χ2v) is 8.36. The number of hydrogen-bond donors (Lipinski definition) is 1. The summed E-state index contributed by atoms with van der Waals surface area (Å²) in [5, 5.41) is 3.76. The van der Waals surface area contributed by atoms with E-state index in [4.69, 9.17) is 21.1 Å². The van der Waals surface area contributed by atoms with Crippen molar-refractivity contribution in [2.45, 2.75) is 13.5 Å². The predicted molar refractivity (Wildman–Crippen MR) is 126 cm³/mol. The summed E-state index contributed by atoms with van der Waals surface area (Å²) in [6.45, 7) is 3.08. The van der Waals surface area contributed by atoms with Crippen molar-refractivity contribution < 1.29 is 19.1 Å². The lowest BCUT2D eigenvalue weighted by atomic mass is 10.0. The number of anilines is 1. The predicted octanol–water partition coefficient (Wildman–Crippen LogP) is 4.81. The minimum Gasteiger partial charge on any atom is -0.486 e. The average molecular weight is 461 g/mol. The molecular formula is C26H21ClN2O4. The maximum atomic E-state index is 13.4. The van der Waals surface area contributed by atoms with Crippen molar-refractivity contribution in [2.24, 2.45) is 0 Å². The summed E-state index contributed by atoms with van der Waals surface area (Å²) < 4.78 is 11.2. The van der Waals surface area contributed by atoms with Gasteiger partial charge in [-0.1, -0.05) is 53.6 Å². The summed E-state index contributed by atoms with van der Waals surface area (Å²) in [5.41, 5.74) is 3.75. The molecule has 1 N–H and O–H groups in total. The first-order valence-electron chi connectivity index (χ1n) is 10.6. The van der Waals surface area contributed by atoms with Crippen LogP contribution in [-0.2, 0) is 16.1 Å². The largest absolute Gasteiger partial charge is 0.486 e. The Labute approximate surface area is 196 Å². The second kappa shape index (κ2) is 8.64. The number of carbonyl (C=O) groups excluding carboxylic acids is 2. The second-order valence-electron chi connectivity index (χ2n) is 7.92. The molecule has 3 aromatic rings. The molecule has 0 bridgehead atoms. The Bertz CT molecular complexity index is 1270. The van der Waals surface area contributed by atoms with Crippen molar-refractivity contribution >= 4 is 34.7 Å². The zero-order chi connectivity index (χ0) is 22.9. The zero-order valence-electron chi connectivity index (χ0n) is 17.9. The summed E-state index contributed by atoms with van der Waals surface area (Å²) in [7, 11) is 0. The highest BCUT2D eigenvalue weighted by Gasteiger charge is 2.39. The summed E-state index contributed by atoms with van der Waals surface area (Å²) in [6, 6.07) is 20.0. The molecule has 5 rings (SSSR count). The van der Waals surface area contributed by atoms with Gasteiger partial charge in [0.15, 0.2) is 11.5 Å². The minimum absolute atomic E-state index is 0.149. The number of carbonyl (C=O) groups is 2. The number of ether oxygens (including phenoxy) is 2. The summed E-state index contributed by atoms with van der Waals surface area (Å²) in [6.07, 6.45) is 0. The zero-order valence-corrected chi connectivity index (χ0v) is 18.7. The van der Waals surface area contributed by atoms with E-state index in [9.17, 15) is 9.59 Å². The van der Waals surface area contributed by atoms with Crippen LogP contribution in [0.3, 0.4) is 0 Å². The Morgan fingerprint density at radius 1 is 0.879 bits per heavy atom. The van der Waals surface area contributed by atoms with Crippen LogP contribution in [0.5, 0.6) is 11.5 Å². The fourth-order valence-electron chi connectivity index (χ4n) is 3.86. The molecule has 0 saturated carbocycles. The smallest absolute Gasteiger partial charge is 0.278 e. The average Bonchev–Trinajstić information content (AvgIpc) is 3.05. The number of nitrogens with zero attached hydrogens (tertiary/aromatic N) is 1. The monoisotopic (exact) mass is 460 g/mol. The van der Waals surface area contributed by atoms with Gasteiger partial charge < -0.3 is 14.8 Å². The van der Waals surface area contributed by atoms with Gasteiger partial charge in [-0.2, -0.15) is 0 Å². The molecular weight excluding hydrogens is 440 g/mol. The van der Waals surface area contributed by atoms with E-state index in [1.165, 1.54) is 4.90 Å². The molecule has 0 unspecified atom stereocenters. The van der Waals surface area contributed by atoms with Crippen LogP contribution in [-0.4, -0.2) is 29.9 Å². The number of nitrogens with one attached hydrogen (secondary N) is 1. The van der Waals surface area contributed by atoms with E-state index < -0.39 is 0 Å². The van der Waals surface area contributed by atoms with Crippen molar-refractivity contribution in [1.29, 1.82) is 0 Å². The van der Waals surface area contributed by atoms with E-state index in [2.05, 4.69) is 5.32 Å². The van der Waals surface area contributed by atoms with E-state index in [0.29, 0.717) is 46.6 Å². The number of imide groups is 1. The fraction of sp³-hybridized carbons (Fsp3) is 0.154. The lowest BCUT2D eigenvalue weighted by Crippen LogP contribution is -2.32. The van der Waals surface area contributed by atoms with Gasteiger partial charge in [0, 0.05) is 16.8 Å². The number of aryl methyl sites for hydroxylation is 1. The molecule has 3 aromatic carbocycles. The van der Waals surface area contributed by atoms with Crippen LogP contribution >= 0.6 is 11.6 Å². The third-order valence-corrected chi connectivity index (χ3v) is 5.83. The first kappa shape index (κ1) is 21.1. The summed E-state index contributed by atoms with van der Waals surface area (Å²) in [4.78, 5) is 28.1. The molecule has 0 atom stereocenters. The van der Waals surface area contributed by atoms with Crippen LogP contribution in [0.2, 0.25) is 5.02 Å². The molecule has 0 spiro atoms. The molecule has 0 aliphatic carbocycles. The maximum Gasteiger partial charge on any atom is 0.278 e. The molecule has 2 heterocycles. The van der Waals surface area contributed by atoms with Crippen molar-refractivity contribution in [1.82, 2.24) is 4.90 Å². The lowest BCUT2D eigenvalue weighted by Gasteiger charge is -2.19. The van der Waals surface area contributed by atoms with Crippen molar-refractivity contribution in [3.05, 3.63) is 94.1 Å². The van der Waals surface area contributed by atoms with Gasteiger partial charge in [0.1, 0.15) is 18.9 Å². The third kappa shape index (κ3) is 4.17. The first-order chi connectivity index (χ1) is 16.0. The highest BCUT2D eigenvalue weighted by molar-refractivity contribution is 6.36. The topological polar surface area (TPSA) is 67.9 Å². The van der Waals surface area contributed by atoms with Gasteiger partial charge in [-0.15, -0.1) is 0 Å². The van der Waals surface area contributed by atoms with Crippen LogP contribution in [0.25, 0.3) is 5.57 Å². The molecule has 0 fully saturated rings. The van der Waals surface area contributed by atoms with E-state index >= 15 is 0 Å². The van der Waals surface area contributed by atoms with Gasteiger partial charge in [-0.3, -0.25) is 14.5 Å². The lowest BCUT2D eigenvalue weighted by molar-refractivity contribution is -0.137. The van der Waals surface area contributed by atoms with Crippen molar-refractivity contribution in [3.63, 3.8) is 0 Å². The molecule has 0 aromatic heterocycles. The van der Waals surface area contributed by atoms with Gasteiger partial charge in [0.2, 0.25) is 0 Å².